The number of nitrogens with one attached hydrogen (secondary N) is 1. The van der Waals surface area contributed by atoms with Crippen molar-refractivity contribution in [1.29, 1.82) is 5.26 Å². The van der Waals surface area contributed by atoms with Gasteiger partial charge in [0.1, 0.15) is 0 Å². The normalized spacial score (nSPS) is 11.0. The highest BCUT2D eigenvalue weighted by atomic mass is 32.2. The SMILES string of the molecule is Cc1cc(C)nc(NS(=O)(=O)c2ccc(C#N)cc2C)n1. The molecule has 0 unspecified atom stereocenters. The van der Waals surface area contributed by atoms with Gasteiger partial charge in [0.25, 0.3) is 10.0 Å². The monoisotopic (exact) mass is 302 g/mol. The quantitative estimate of drug-likeness (QED) is 0.936. The van der Waals surface area contributed by atoms with E-state index in [0.29, 0.717) is 22.5 Å². The Labute approximate surface area is 123 Å². The van der Waals surface area contributed by atoms with Crippen molar-refractivity contribution < 1.29 is 8.42 Å². The van der Waals surface area contributed by atoms with Gasteiger partial charge in [-0.05, 0) is 50.6 Å². The predicted octanol–water partition coefficient (Wildman–Crippen LogP) is 2.07. The third-order valence-corrected chi connectivity index (χ3v) is 4.29. The zero-order valence-electron chi connectivity index (χ0n) is 11.9. The molecule has 0 aliphatic rings. The number of hydrogen-bond donors (Lipinski definition) is 1. The number of nitriles is 1. The van der Waals surface area contributed by atoms with Crippen molar-refractivity contribution >= 4 is 16.0 Å². The van der Waals surface area contributed by atoms with Crippen LogP contribution in [-0.2, 0) is 10.0 Å². The molecular weight excluding hydrogens is 288 g/mol. The molecule has 1 aromatic heterocycles. The second-order valence-corrected chi connectivity index (χ2v) is 6.32. The Hall–Kier alpha value is -2.46. The van der Waals surface area contributed by atoms with Gasteiger partial charge in [0, 0.05) is 11.4 Å². The first-order valence-electron chi connectivity index (χ1n) is 6.17. The Morgan fingerprint density at radius 3 is 2.24 bits per heavy atom. The van der Waals surface area contributed by atoms with E-state index in [2.05, 4.69) is 14.7 Å². The molecular formula is C14H14N4O2S. The molecule has 2 aromatic rings. The summed E-state index contributed by atoms with van der Waals surface area (Å²) in [6.07, 6.45) is 0. The van der Waals surface area contributed by atoms with E-state index in [-0.39, 0.29) is 10.8 Å². The molecule has 0 saturated heterocycles. The number of anilines is 1. The van der Waals surface area contributed by atoms with E-state index in [1.54, 1.807) is 26.8 Å². The van der Waals surface area contributed by atoms with Gasteiger partial charge in [-0.1, -0.05) is 0 Å². The van der Waals surface area contributed by atoms with Crippen molar-refractivity contribution in [3.05, 3.63) is 46.8 Å². The van der Waals surface area contributed by atoms with Crippen LogP contribution in [0.2, 0.25) is 0 Å². The van der Waals surface area contributed by atoms with Crippen molar-refractivity contribution in [2.75, 3.05) is 4.72 Å². The molecule has 6 nitrogen and oxygen atoms in total. The van der Waals surface area contributed by atoms with Gasteiger partial charge in [-0.2, -0.15) is 5.26 Å². The molecule has 0 fully saturated rings. The molecule has 1 aromatic carbocycles. The van der Waals surface area contributed by atoms with Gasteiger partial charge in [0.2, 0.25) is 5.95 Å². The van der Waals surface area contributed by atoms with Crippen LogP contribution in [0.3, 0.4) is 0 Å². The summed E-state index contributed by atoms with van der Waals surface area (Å²) in [5.41, 5.74) is 2.26. The van der Waals surface area contributed by atoms with Gasteiger partial charge in [-0.3, -0.25) is 0 Å². The van der Waals surface area contributed by atoms with Crippen LogP contribution in [0.25, 0.3) is 0 Å². The summed E-state index contributed by atoms with van der Waals surface area (Å²) in [4.78, 5) is 8.21. The molecule has 7 heteroatoms. The maximum atomic E-state index is 12.4. The third kappa shape index (κ3) is 3.35. The van der Waals surface area contributed by atoms with Gasteiger partial charge in [0.05, 0.1) is 16.5 Å². The number of benzene rings is 1. The summed E-state index contributed by atoms with van der Waals surface area (Å²) in [5, 5.41) is 8.82. The minimum Gasteiger partial charge on any atom is -0.247 e. The van der Waals surface area contributed by atoms with E-state index in [9.17, 15) is 8.42 Å². The fraction of sp³-hybridized carbons (Fsp3) is 0.214. The Morgan fingerprint density at radius 2 is 1.71 bits per heavy atom. The van der Waals surface area contributed by atoms with E-state index in [4.69, 9.17) is 5.26 Å². The van der Waals surface area contributed by atoms with E-state index >= 15 is 0 Å². The molecule has 1 heterocycles. The molecule has 21 heavy (non-hydrogen) atoms. The zero-order valence-corrected chi connectivity index (χ0v) is 12.7. The molecule has 0 aliphatic carbocycles. The topological polar surface area (TPSA) is 95.7 Å². The highest BCUT2D eigenvalue weighted by molar-refractivity contribution is 7.92. The summed E-state index contributed by atoms with van der Waals surface area (Å²) >= 11 is 0. The zero-order chi connectivity index (χ0) is 15.6. The number of aryl methyl sites for hydroxylation is 3. The van der Waals surface area contributed by atoms with Crippen molar-refractivity contribution in [2.24, 2.45) is 0 Å². The standard InChI is InChI=1S/C14H14N4O2S/c1-9-6-12(8-15)4-5-13(9)21(19,20)18-14-16-10(2)7-11(3)17-14/h4-7H,1-3H3,(H,16,17,18). The van der Waals surface area contributed by atoms with Crippen LogP contribution in [0.4, 0.5) is 5.95 Å². The lowest BCUT2D eigenvalue weighted by Gasteiger charge is -2.10. The molecule has 0 amide bonds. The lowest BCUT2D eigenvalue weighted by atomic mass is 10.2. The minimum absolute atomic E-state index is 0.0382. The summed E-state index contributed by atoms with van der Waals surface area (Å²) < 4.78 is 27.1. The molecule has 0 atom stereocenters. The third-order valence-electron chi connectivity index (χ3n) is 2.80. The molecule has 0 bridgehead atoms. The Kier molecular flexibility index (Phi) is 3.91. The molecule has 0 radical (unpaired) electrons. The fourth-order valence-corrected chi connectivity index (χ4v) is 3.14. The highest BCUT2D eigenvalue weighted by Gasteiger charge is 2.18. The van der Waals surface area contributed by atoms with Gasteiger partial charge in [-0.15, -0.1) is 0 Å². The lowest BCUT2D eigenvalue weighted by Crippen LogP contribution is -2.16. The number of aromatic nitrogens is 2. The summed E-state index contributed by atoms with van der Waals surface area (Å²) in [6, 6.07) is 8.11. The van der Waals surface area contributed by atoms with E-state index < -0.39 is 10.0 Å². The van der Waals surface area contributed by atoms with Gasteiger partial charge in [-0.25, -0.2) is 23.1 Å². The Balaban J connectivity index is 2.41. The van der Waals surface area contributed by atoms with Crippen LogP contribution < -0.4 is 4.72 Å². The average molecular weight is 302 g/mol. The molecule has 108 valence electrons. The molecule has 2 rings (SSSR count). The maximum absolute atomic E-state index is 12.4. The van der Waals surface area contributed by atoms with Crippen LogP contribution >= 0.6 is 0 Å². The summed E-state index contributed by atoms with van der Waals surface area (Å²) in [7, 11) is -3.79. The summed E-state index contributed by atoms with van der Waals surface area (Å²) in [6.45, 7) is 5.16. The van der Waals surface area contributed by atoms with Crippen molar-refractivity contribution in [2.45, 2.75) is 25.7 Å². The van der Waals surface area contributed by atoms with Gasteiger partial charge >= 0.3 is 0 Å². The number of hydrogen-bond acceptors (Lipinski definition) is 5. The van der Waals surface area contributed by atoms with Crippen LogP contribution in [0, 0.1) is 32.1 Å². The van der Waals surface area contributed by atoms with Crippen molar-refractivity contribution in [3.8, 4) is 6.07 Å². The molecule has 0 aliphatic heterocycles. The lowest BCUT2D eigenvalue weighted by molar-refractivity contribution is 0.600. The predicted molar refractivity (Wildman–Crippen MR) is 78.2 cm³/mol. The summed E-state index contributed by atoms with van der Waals surface area (Å²) in [5.74, 6) is 0.0382. The molecule has 0 saturated carbocycles. The van der Waals surface area contributed by atoms with Crippen LogP contribution in [-0.4, -0.2) is 18.4 Å². The highest BCUT2D eigenvalue weighted by Crippen LogP contribution is 2.19. The van der Waals surface area contributed by atoms with E-state index in [0.717, 1.165) is 0 Å². The Bertz CT molecular complexity index is 818. The van der Waals surface area contributed by atoms with Crippen LogP contribution in [0.1, 0.15) is 22.5 Å². The number of sulfonamides is 1. The first-order chi connectivity index (χ1) is 9.81. The first-order valence-corrected chi connectivity index (χ1v) is 7.66. The second kappa shape index (κ2) is 5.50. The van der Waals surface area contributed by atoms with E-state index in [1.165, 1.54) is 18.2 Å². The maximum Gasteiger partial charge on any atom is 0.264 e. The van der Waals surface area contributed by atoms with Crippen molar-refractivity contribution in [1.82, 2.24) is 9.97 Å². The Morgan fingerprint density at radius 1 is 1.10 bits per heavy atom. The average Bonchev–Trinajstić information content (AvgIpc) is 2.36. The van der Waals surface area contributed by atoms with Crippen LogP contribution in [0.15, 0.2) is 29.2 Å². The number of rotatable bonds is 3. The largest absolute Gasteiger partial charge is 0.264 e. The van der Waals surface area contributed by atoms with E-state index in [1.807, 2.05) is 6.07 Å². The smallest absolute Gasteiger partial charge is 0.247 e. The van der Waals surface area contributed by atoms with Crippen molar-refractivity contribution in [3.63, 3.8) is 0 Å². The van der Waals surface area contributed by atoms with Gasteiger partial charge in [0.15, 0.2) is 0 Å². The molecule has 1 N–H and O–H groups in total. The molecule has 0 spiro atoms. The fourth-order valence-electron chi connectivity index (χ4n) is 1.97. The first kappa shape index (κ1) is 14.9. The van der Waals surface area contributed by atoms with Crippen LogP contribution in [0.5, 0.6) is 0 Å². The second-order valence-electron chi connectivity index (χ2n) is 4.67. The number of nitrogens with zero attached hydrogens (tertiary/aromatic N) is 3. The van der Waals surface area contributed by atoms with Gasteiger partial charge < -0.3 is 0 Å². The minimum atomic E-state index is -3.79.